The molecule has 0 saturated carbocycles. The molecule has 2 amide bonds. The van der Waals surface area contributed by atoms with Gasteiger partial charge in [-0.1, -0.05) is 12.6 Å². The fourth-order valence-electron chi connectivity index (χ4n) is 2.37. The molecule has 5 heteroatoms. The topological polar surface area (TPSA) is 58.6 Å². The monoisotopic (exact) mass is 302 g/mol. The van der Waals surface area contributed by atoms with Crippen molar-refractivity contribution >= 4 is 11.8 Å². The van der Waals surface area contributed by atoms with Crippen molar-refractivity contribution < 1.29 is 14.3 Å². The van der Waals surface area contributed by atoms with Gasteiger partial charge in [-0.3, -0.25) is 9.59 Å². The first kappa shape index (κ1) is 16.2. The van der Waals surface area contributed by atoms with Gasteiger partial charge < -0.3 is 15.0 Å². The number of aryl methyl sites for hydroxylation is 2. The number of carbonyl (C=O) groups is 2. The molecular weight excluding hydrogens is 280 g/mol. The molecule has 0 radical (unpaired) electrons. The Morgan fingerprint density at radius 2 is 2.18 bits per heavy atom. The molecule has 0 unspecified atom stereocenters. The van der Waals surface area contributed by atoms with Gasteiger partial charge in [-0.05, 0) is 43.2 Å². The van der Waals surface area contributed by atoms with Crippen LogP contribution in [0.3, 0.4) is 0 Å². The Labute approximate surface area is 130 Å². The maximum atomic E-state index is 12.6. The molecule has 1 fully saturated rings. The van der Waals surface area contributed by atoms with E-state index in [1.54, 1.807) is 4.90 Å². The van der Waals surface area contributed by atoms with Gasteiger partial charge in [0.25, 0.3) is 5.91 Å². The smallest absolute Gasteiger partial charge is 0.254 e. The van der Waals surface area contributed by atoms with Crippen molar-refractivity contribution in [1.82, 2.24) is 10.2 Å². The van der Waals surface area contributed by atoms with Gasteiger partial charge in [-0.25, -0.2) is 0 Å². The highest BCUT2D eigenvalue weighted by Gasteiger charge is 2.25. The first-order valence-corrected chi connectivity index (χ1v) is 7.39. The summed E-state index contributed by atoms with van der Waals surface area (Å²) in [6.07, 6.45) is 1.04. The Morgan fingerprint density at radius 3 is 2.86 bits per heavy atom. The molecule has 2 rings (SSSR count). The standard InChI is InChI=1S/C17H22N2O3/c1-4-16(20)18-10-15-11-19(7-8-22-15)17(21)14-6-5-12(2)13(3)9-14/h4-6,9,15H,1,7-8,10-11H2,2-3H3,(H,18,20)/t15-/m0/s1. The van der Waals surface area contributed by atoms with Crippen LogP contribution in [0.15, 0.2) is 30.9 Å². The number of carbonyl (C=O) groups excluding carboxylic acids is 2. The molecule has 1 aromatic carbocycles. The summed E-state index contributed by atoms with van der Waals surface area (Å²) in [5.41, 5.74) is 2.97. The summed E-state index contributed by atoms with van der Waals surface area (Å²) in [5.74, 6) is -0.229. The fourth-order valence-corrected chi connectivity index (χ4v) is 2.37. The summed E-state index contributed by atoms with van der Waals surface area (Å²) in [6.45, 7) is 9.33. The van der Waals surface area contributed by atoms with Crippen LogP contribution in [0, 0.1) is 13.8 Å². The van der Waals surface area contributed by atoms with Crippen LogP contribution in [0.25, 0.3) is 0 Å². The first-order chi connectivity index (χ1) is 10.5. The van der Waals surface area contributed by atoms with E-state index in [9.17, 15) is 9.59 Å². The van der Waals surface area contributed by atoms with E-state index in [1.165, 1.54) is 11.6 Å². The third-order valence-corrected chi connectivity index (χ3v) is 3.87. The number of ether oxygens (including phenoxy) is 1. The van der Waals surface area contributed by atoms with Crippen molar-refractivity contribution in [3.8, 4) is 0 Å². The molecular formula is C17H22N2O3. The summed E-state index contributed by atoms with van der Waals surface area (Å²) >= 11 is 0. The summed E-state index contributed by atoms with van der Waals surface area (Å²) in [7, 11) is 0. The van der Waals surface area contributed by atoms with Gasteiger partial charge in [0.05, 0.1) is 12.7 Å². The number of benzene rings is 1. The van der Waals surface area contributed by atoms with E-state index in [0.717, 1.165) is 5.56 Å². The number of hydrogen-bond donors (Lipinski definition) is 1. The molecule has 0 aromatic heterocycles. The lowest BCUT2D eigenvalue weighted by atomic mass is 10.1. The highest BCUT2D eigenvalue weighted by Crippen LogP contribution is 2.14. The quantitative estimate of drug-likeness (QED) is 0.856. The molecule has 22 heavy (non-hydrogen) atoms. The van der Waals surface area contributed by atoms with Crippen molar-refractivity contribution in [3.63, 3.8) is 0 Å². The number of nitrogens with zero attached hydrogens (tertiary/aromatic N) is 1. The van der Waals surface area contributed by atoms with Crippen molar-refractivity contribution in [3.05, 3.63) is 47.5 Å². The summed E-state index contributed by atoms with van der Waals surface area (Å²) in [4.78, 5) is 25.5. The lowest BCUT2D eigenvalue weighted by molar-refractivity contribution is -0.117. The molecule has 1 aliphatic rings. The normalized spacial score (nSPS) is 17.9. The number of morpholine rings is 1. The van der Waals surface area contributed by atoms with E-state index in [-0.39, 0.29) is 17.9 Å². The average molecular weight is 302 g/mol. The fraction of sp³-hybridized carbons (Fsp3) is 0.412. The molecule has 1 N–H and O–H groups in total. The molecule has 1 atom stereocenters. The van der Waals surface area contributed by atoms with Crippen LogP contribution >= 0.6 is 0 Å². The second-order valence-corrected chi connectivity index (χ2v) is 5.49. The van der Waals surface area contributed by atoms with Crippen molar-refractivity contribution in [2.75, 3.05) is 26.2 Å². The predicted octanol–water partition coefficient (Wildman–Crippen LogP) is 1.45. The second kappa shape index (κ2) is 7.22. The Kier molecular flexibility index (Phi) is 5.33. The minimum absolute atomic E-state index is 0.00597. The van der Waals surface area contributed by atoms with E-state index in [1.807, 2.05) is 32.0 Å². The first-order valence-electron chi connectivity index (χ1n) is 7.39. The van der Waals surface area contributed by atoms with Gasteiger partial charge in [0.1, 0.15) is 0 Å². The van der Waals surface area contributed by atoms with Gasteiger partial charge in [0.15, 0.2) is 0 Å². The molecule has 5 nitrogen and oxygen atoms in total. The zero-order valence-electron chi connectivity index (χ0n) is 13.1. The lowest BCUT2D eigenvalue weighted by Crippen LogP contribution is -2.49. The minimum Gasteiger partial charge on any atom is -0.373 e. The van der Waals surface area contributed by atoms with Crippen molar-refractivity contribution in [2.45, 2.75) is 20.0 Å². The zero-order chi connectivity index (χ0) is 16.1. The van der Waals surface area contributed by atoms with Crippen LogP contribution in [0.2, 0.25) is 0 Å². The third kappa shape index (κ3) is 3.95. The van der Waals surface area contributed by atoms with E-state index >= 15 is 0 Å². The molecule has 1 aromatic rings. The number of amides is 2. The van der Waals surface area contributed by atoms with Crippen molar-refractivity contribution in [1.29, 1.82) is 0 Å². The number of hydrogen-bond acceptors (Lipinski definition) is 3. The van der Waals surface area contributed by atoms with Gasteiger partial charge in [0.2, 0.25) is 5.91 Å². The molecule has 1 saturated heterocycles. The summed E-state index contributed by atoms with van der Waals surface area (Å²) in [5, 5.41) is 2.70. The highest BCUT2D eigenvalue weighted by atomic mass is 16.5. The van der Waals surface area contributed by atoms with E-state index in [4.69, 9.17) is 4.74 Å². The lowest BCUT2D eigenvalue weighted by Gasteiger charge is -2.33. The van der Waals surface area contributed by atoms with Gasteiger partial charge in [-0.15, -0.1) is 0 Å². The maximum Gasteiger partial charge on any atom is 0.254 e. The van der Waals surface area contributed by atoms with E-state index in [0.29, 0.717) is 31.8 Å². The van der Waals surface area contributed by atoms with Crippen LogP contribution in [0.5, 0.6) is 0 Å². The maximum absolute atomic E-state index is 12.6. The van der Waals surface area contributed by atoms with Gasteiger partial charge >= 0.3 is 0 Å². The third-order valence-electron chi connectivity index (χ3n) is 3.87. The van der Waals surface area contributed by atoms with Gasteiger partial charge in [-0.2, -0.15) is 0 Å². The number of nitrogens with one attached hydrogen (secondary N) is 1. The van der Waals surface area contributed by atoms with Crippen LogP contribution in [0.4, 0.5) is 0 Å². The number of rotatable bonds is 4. The molecule has 1 heterocycles. The average Bonchev–Trinajstić information content (AvgIpc) is 2.54. The van der Waals surface area contributed by atoms with Crippen molar-refractivity contribution in [2.24, 2.45) is 0 Å². The predicted molar refractivity (Wildman–Crippen MR) is 84.8 cm³/mol. The molecule has 0 spiro atoms. The van der Waals surface area contributed by atoms with E-state index < -0.39 is 0 Å². The minimum atomic E-state index is -0.235. The molecule has 0 bridgehead atoms. The summed E-state index contributed by atoms with van der Waals surface area (Å²) in [6, 6.07) is 5.74. The molecule has 1 aliphatic heterocycles. The Balaban J connectivity index is 1.98. The summed E-state index contributed by atoms with van der Waals surface area (Å²) < 4.78 is 5.59. The Bertz CT molecular complexity index is 583. The van der Waals surface area contributed by atoms with Crippen LogP contribution in [-0.4, -0.2) is 49.1 Å². The Morgan fingerprint density at radius 1 is 1.41 bits per heavy atom. The molecule has 0 aliphatic carbocycles. The zero-order valence-corrected chi connectivity index (χ0v) is 13.1. The van der Waals surface area contributed by atoms with E-state index in [2.05, 4.69) is 11.9 Å². The van der Waals surface area contributed by atoms with Crippen LogP contribution in [0.1, 0.15) is 21.5 Å². The SMILES string of the molecule is C=CC(=O)NC[C@H]1CN(C(=O)c2ccc(C)c(C)c2)CCO1. The van der Waals surface area contributed by atoms with Crippen LogP contribution in [-0.2, 0) is 9.53 Å². The van der Waals surface area contributed by atoms with Gasteiger partial charge in [0, 0.05) is 25.2 Å². The highest BCUT2D eigenvalue weighted by molar-refractivity contribution is 5.94. The van der Waals surface area contributed by atoms with Crippen LogP contribution < -0.4 is 5.32 Å². The second-order valence-electron chi connectivity index (χ2n) is 5.49. The molecule has 118 valence electrons. The largest absolute Gasteiger partial charge is 0.373 e. The Hall–Kier alpha value is -2.14.